The summed E-state index contributed by atoms with van der Waals surface area (Å²) >= 11 is 1.86. The molecule has 0 spiro atoms. The normalized spacial score (nSPS) is 12.6. The summed E-state index contributed by atoms with van der Waals surface area (Å²) in [5.41, 5.74) is 8.72. The average Bonchev–Trinajstić information content (AvgIpc) is 2.85. The Morgan fingerprint density at radius 1 is 1.39 bits per heavy atom. The van der Waals surface area contributed by atoms with Crippen LogP contribution in [0.4, 0.5) is 5.69 Å². The highest BCUT2D eigenvalue weighted by atomic mass is 32.2. The average molecular weight is 262 g/mol. The molecule has 0 radical (unpaired) electrons. The predicted octanol–water partition coefficient (Wildman–Crippen LogP) is 2.84. The number of hydrogen-bond acceptors (Lipinski definition) is 4. The lowest BCUT2D eigenvalue weighted by Crippen LogP contribution is -2.07. The molecule has 0 aromatic carbocycles. The molecule has 4 nitrogen and oxygen atoms in total. The lowest BCUT2D eigenvalue weighted by molar-refractivity contribution is 0.539. The summed E-state index contributed by atoms with van der Waals surface area (Å²) < 4.78 is 2.17. The molecule has 2 aromatic rings. The van der Waals surface area contributed by atoms with Gasteiger partial charge in [0.05, 0.1) is 18.2 Å². The molecule has 0 saturated heterocycles. The molecular weight excluding hydrogens is 244 g/mol. The third kappa shape index (κ3) is 2.67. The van der Waals surface area contributed by atoms with E-state index < -0.39 is 0 Å². The monoisotopic (exact) mass is 262 g/mol. The number of imidazole rings is 1. The fraction of sp³-hybridized carbons (Fsp3) is 0.385. The zero-order valence-electron chi connectivity index (χ0n) is 10.7. The van der Waals surface area contributed by atoms with Gasteiger partial charge in [-0.15, -0.1) is 0 Å². The molecule has 0 aliphatic carbocycles. The number of aromatic nitrogens is 3. The Bertz CT molecular complexity index is 509. The van der Waals surface area contributed by atoms with Crippen LogP contribution in [0.15, 0.2) is 31.0 Å². The second-order valence-electron chi connectivity index (χ2n) is 4.28. The van der Waals surface area contributed by atoms with Crippen molar-refractivity contribution in [3.8, 4) is 11.3 Å². The van der Waals surface area contributed by atoms with Crippen molar-refractivity contribution in [2.24, 2.45) is 0 Å². The van der Waals surface area contributed by atoms with E-state index in [2.05, 4.69) is 27.7 Å². The van der Waals surface area contributed by atoms with Crippen LogP contribution in [0.2, 0.25) is 0 Å². The first kappa shape index (κ1) is 13.0. The van der Waals surface area contributed by atoms with Crippen LogP contribution >= 0.6 is 11.8 Å². The molecule has 0 saturated carbocycles. The maximum atomic E-state index is 6.00. The van der Waals surface area contributed by atoms with Gasteiger partial charge in [-0.1, -0.05) is 0 Å². The van der Waals surface area contributed by atoms with Gasteiger partial charge in [0.25, 0.3) is 0 Å². The van der Waals surface area contributed by atoms with E-state index in [1.807, 2.05) is 30.4 Å². The zero-order chi connectivity index (χ0) is 13.0. The highest BCUT2D eigenvalue weighted by Crippen LogP contribution is 2.27. The number of nitrogen functional groups attached to an aromatic ring is 1. The van der Waals surface area contributed by atoms with Crippen molar-refractivity contribution in [1.82, 2.24) is 14.5 Å². The van der Waals surface area contributed by atoms with E-state index in [1.54, 1.807) is 12.4 Å². The molecule has 18 heavy (non-hydrogen) atoms. The topological polar surface area (TPSA) is 56.7 Å². The lowest BCUT2D eigenvalue weighted by Gasteiger charge is -2.16. The number of thioether (sulfide) groups is 1. The molecule has 2 rings (SSSR count). The number of nitrogens with two attached hydrogens (primary N) is 1. The third-order valence-electron chi connectivity index (χ3n) is 3.01. The van der Waals surface area contributed by atoms with Crippen molar-refractivity contribution >= 4 is 17.4 Å². The number of anilines is 1. The molecule has 5 heteroatoms. The number of pyridine rings is 1. The van der Waals surface area contributed by atoms with Crippen LogP contribution in [0, 0.1) is 0 Å². The van der Waals surface area contributed by atoms with E-state index in [0.717, 1.165) is 29.1 Å². The first-order valence-electron chi connectivity index (χ1n) is 5.94. The van der Waals surface area contributed by atoms with Gasteiger partial charge < -0.3 is 10.3 Å². The number of hydrogen-bond donors (Lipinski definition) is 1. The first-order valence-corrected chi connectivity index (χ1v) is 7.34. The minimum absolute atomic E-state index is 0.412. The third-order valence-corrected chi connectivity index (χ3v) is 3.66. The summed E-state index contributed by atoms with van der Waals surface area (Å²) in [6, 6.07) is 2.23. The van der Waals surface area contributed by atoms with Gasteiger partial charge in [0.15, 0.2) is 0 Å². The minimum Gasteiger partial charge on any atom is -0.398 e. The number of rotatable bonds is 5. The van der Waals surface area contributed by atoms with Crippen LogP contribution in [0.5, 0.6) is 0 Å². The van der Waals surface area contributed by atoms with Crippen molar-refractivity contribution < 1.29 is 0 Å². The summed E-state index contributed by atoms with van der Waals surface area (Å²) in [6.07, 6.45) is 10.5. The van der Waals surface area contributed by atoms with E-state index in [9.17, 15) is 0 Å². The van der Waals surface area contributed by atoms with Crippen LogP contribution in [0.1, 0.15) is 19.4 Å². The Balaban J connectivity index is 2.30. The molecule has 2 N–H and O–H groups in total. The summed E-state index contributed by atoms with van der Waals surface area (Å²) in [7, 11) is 0. The summed E-state index contributed by atoms with van der Waals surface area (Å²) in [5, 5.41) is 0. The van der Waals surface area contributed by atoms with Crippen LogP contribution in [0.25, 0.3) is 11.3 Å². The van der Waals surface area contributed by atoms with Gasteiger partial charge in [-0.3, -0.25) is 4.98 Å². The van der Waals surface area contributed by atoms with Gasteiger partial charge in [-0.05, 0) is 31.4 Å². The standard InChI is InChI=1S/C13H18N4S/c1-10(4-6-18-2)17-9-16-8-13(17)11-7-15-5-3-12(11)14/h3,5,7-10H,4,6H2,1-2H3,(H2,14,15). The van der Waals surface area contributed by atoms with Gasteiger partial charge in [-0.2, -0.15) is 11.8 Å². The molecule has 96 valence electrons. The summed E-state index contributed by atoms with van der Waals surface area (Å²) in [6.45, 7) is 2.20. The maximum Gasteiger partial charge on any atom is 0.0953 e. The first-order chi connectivity index (χ1) is 8.74. The van der Waals surface area contributed by atoms with E-state index in [4.69, 9.17) is 5.73 Å². The van der Waals surface area contributed by atoms with Gasteiger partial charge in [0.2, 0.25) is 0 Å². The molecule has 0 amide bonds. The van der Waals surface area contributed by atoms with Crippen LogP contribution in [-0.2, 0) is 0 Å². The SMILES string of the molecule is CSCCC(C)n1cncc1-c1cnccc1N. The highest BCUT2D eigenvalue weighted by molar-refractivity contribution is 7.98. The highest BCUT2D eigenvalue weighted by Gasteiger charge is 2.12. The Hall–Kier alpha value is -1.49. The van der Waals surface area contributed by atoms with Crippen molar-refractivity contribution in [2.45, 2.75) is 19.4 Å². The Labute approximate surface area is 112 Å². The summed E-state index contributed by atoms with van der Waals surface area (Å²) in [5.74, 6) is 1.14. The fourth-order valence-corrected chi connectivity index (χ4v) is 2.49. The molecule has 2 aromatic heterocycles. The zero-order valence-corrected chi connectivity index (χ0v) is 11.5. The van der Waals surface area contributed by atoms with Crippen molar-refractivity contribution in [2.75, 3.05) is 17.7 Å². The molecule has 0 bridgehead atoms. The second kappa shape index (κ2) is 5.91. The van der Waals surface area contributed by atoms with Crippen LogP contribution in [0.3, 0.4) is 0 Å². The van der Waals surface area contributed by atoms with E-state index in [0.29, 0.717) is 6.04 Å². The van der Waals surface area contributed by atoms with E-state index in [1.165, 1.54) is 0 Å². The summed E-state index contributed by atoms with van der Waals surface area (Å²) in [4.78, 5) is 8.38. The smallest absolute Gasteiger partial charge is 0.0953 e. The molecule has 0 aliphatic heterocycles. The fourth-order valence-electron chi connectivity index (χ4n) is 1.91. The molecule has 0 aliphatic rings. The Kier molecular flexibility index (Phi) is 4.25. The predicted molar refractivity (Wildman–Crippen MR) is 77.6 cm³/mol. The van der Waals surface area contributed by atoms with Gasteiger partial charge in [0.1, 0.15) is 0 Å². The van der Waals surface area contributed by atoms with Crippen LogP contribution in [-0.4, -0.2) is 26.5 Å². The largest absolute Gasteiger partial charge is 0.398 e. The van der Waals surface area contributed by atoms with Crippen molar-refractivity contribution in [3.05, 3.63) is 31.0 Å². The quantitative estimate of drug-likeness (QED) is 0.900. The van der Waals surface area contributed by atoms with Gasteiger partial charge in [0, 0.05) is 29.7 Å². The maximum absolute atomic E-state index is 6.00. The van der Waals surface area contributed by atoms with Gasteiger partial charge >= 0.3 is 0 Å². The second-order valence-corrected chi connectivity index (χ2v) is 5.27. The minimum atomic E-state index is 0.412. The van der Waals surface area contributed by atoms with E-state index >= 15 is 0 Å². The van der Waals surface area contributed by atoms with Gasteiger partial charge in [-0.25, -0.2) is 4.98 Å². The molecule has 2 heterocycles. The van der Waals surface area contributed by atoms with Crippen molar-refractivity contribution in [1.29, 1.82) is 0 Å². The lowest BCUT2D eigenvalue weighted by atomic mass is 10.1. The van der Waals surface area contributed by atoms with Crippen LogP contribution < -0.4 is 5.73 Å². The molecule has 1 atom stereocenters. The van der Waals surface area contributed by atoms with E-state index in [-0.39, 0.29) is 0 Å². The molecule has 0 fully saturated rings. The Morgan fingerprint density at radius 2 is 2.22 bits per heavy atom. The van der Waals surface area contributed by atoms with Crippen molar-refractivity contribution in [3.63, 3.8) is 0 Å². The molecular formula is C13H18N4S. The molecule has 1 unspecified atom stereocenters. The Morgan fingerprint density at radius 3 is 2.94 bits per heavy atom. The number of nitrogens with zero attached hydrogens (tertiary/aromatic N) is 3.